The molecule has 0 saturated carbocycles. The summed E-state index contributed by atoms with van der Waals surface area (Å²) in [6.45, 7) is 9.07. The number of piperidine rings is 1. The van der Waals surface area contributed by atoms with Crippen molar-refractivity contribution in [2.75, 3.05) is 31.5 Å². The molecule has 0 radical (unpaired) electrons. The Hall–Kier alpha value is -3.85. The number of rotatable bonds is 7. The van der Waals surface area contributed by atoms with Crippen molar-refractivity contribution in [2.45, 2.75) is 69.5 Å². The van der Waals surface area contributed by atoms with Gasteiger partial charge >= 0.3 is 6.03 Å². The van der Waals surface area contributed by atoms with Crippen LogP contribution < -0.4 is 5.32 Å². The zero-order valence-electron chi connectivity index (χ0n) is 26.4. The second-order valence-electron chi connectivity index (χ2n) is 13.5. The molecule has 0 spiro atoms. The fourth-order valence-electron chi connectivity index (χ4n) is 6.61. The predicted octanol–water partition coefficient (Wildman–Crippen LogP) is 6.84. The molecular formula is C36H45N5O3S. The van der Waals surface area contributed by atoms with Crippen LogP contribution in [0.25, 0.3) is 11.1 Å². The Morgan fingerprint density at radius 3 is 2.44 bits per heavy atom. The SMILES string of the molecule is CC(C)(C)CCN1C(=O)C(CC(=O)N2CCC(N3CCc4ccccc4NC3=O)CC2)SC1c1ccccc1-c1ccncc1.[HH]. The first kappa shape index (κ1) is 31.1. The van der Waals surface area contributed by atoms with E-state index in [9.17, 15) is 14.4 Å². The van der Waals surface area contributed by atoms with Crippen LogP contribution in [0.4, 0.5) is 10.5 Å². The molecule has 6 rings (SSSR count). The zero-order valence-corrected chi connectivity index (χ0v) is 27.3. The fraction of sp³-hybridized carbons (Fsp3) is 0.444. The molecule has 2 atom stereocenters. The molecule has 0 aliphatic carbocycles. The van der Waals surface area contributed by atoms with E-state index in [0.29, 0.717) is 26.2 Å². The minimum absolute atomic E-state index is 0. The van der Waals surface area contributed by atoms with Gasteiger partial charge in [0.05, 0.1) is 5.25 Å². The van der Waals surface area contributed by atoms with Gasteiger partial charge < -0.3 is 20.0 Å². The fourth-order valence-corrected chi connectivity index (χ4v) is 8.12. The summed E-state index contributed by atoms with van der Waals surface area (Å²) in [6, 6.07) is 20.2. The normalized spacial score (nSPS) is 21.0. The van der Waals surface area contributed by atoms with E-state index in [-0.39, 0.29) is 42.5 Å². The molecule has 3 aliphatic rings. The third-order valence-corrected chi connectivity index (χ3v) is 10.7. The number of thioether (sulfide) groups is 1. The molecular weight excluding hydrogens is 582 g/mol. The molecule has 2 saturated heterocycles. The number of fused-ring (bicyclic) bond motifs is 1. The van der Waals surface area contributed by atoms with Gasteiger partial charge in [-0.2, -0.15) is 0 Å². The first-order valence-corrected chi connectivity index (χ1v) is 17.0. The molecule has 2 aromatic carbocycles. The standard InChI is InChI=1S/C36H43N5O3S.H2/c1-36(2,3)17-23-41-33(43)31(45-34(41)29-10-6-5-9-28(29)25-12-18-37-19-13-25)24-32(42)39-20-15-27(16-21-39)40-22-14-26-8-4-7-11-30(26)38-35(40)44;/h4-13,18-19,27,31,34H,14-17,20-24H2,1-3H3,(H,38,44);1H. The Kier molecular flexibility index (Phi) is 9.17. The van der Waals surface area contributed by atoms with Crippen LogP contribution in [0.15, 0.2) is 73.1 Å². The van der Waals surface area contributed by atoms with Crippen LogP contribution in [-0.2, 0) is 16.0 Å². The number of carbonyl (C=O) groups excluding carboxylic acids is 3. The van der Waals surface area contributed by atoms with Gasteiger partial charge in [-0.25, -0.2) is 4.79 Å². The minimum Gasteiger partial charge on any atom is -0.342 e. The lowest BCUT2D eigenvalue weighted by Crippen LogP contribution is -2.50. The summed E-state index contributed by atoms with van der Waals surface area (Å²) in [4.78, 5) is 50.7. The Labute approximate surface area is 272 Å². The molecule has 4 heterocycles. The van der Waals surface area contributed by atoms with E-state index in [0.717, 1.165) is 53.6 Å². The van der Waals surface area contributed by atoms with Crippen LogP contribution >= 0.6 is 11.8 Å². The number of hydrogen-bond acceptors (Lipinski definition) is 5. The van der Waals surface area contributed by atoms with Crippen LogP contribution in [0.1, 0.15) is 64.4 Å². The highest BCUT2D eigenvalue weighted by Crippen LogP contribution is 2.47. The number of nitrogens with zero attached hydrogens (tertiary/aromatic N) is 4. The maximum Gasteiger partial charge on any atom is 0.322 e. The summed E-state index contributed by atoms with van der Waals surface area (Å²) in [5.74, 6) is 0.0636. The van der Waals surface area contributed by atoms with Gasteiger partial charge in [0.15, 0.2) is 0 Å². The third-order valence-electron chi connectivity index (χ3n) is 9.22. The molecule has 1 aromatic heterocycles. The van der Waals surface area contributed by atoms with Gasteiger partial charge in [-0.1, -0.05) is 63.2 Å². The van der Waals surface area contributed by atoms with E-state index in [1.54, 1.807) is 24.2 Å². The Balaban J connectivity index is 0.00000417. The maximum absolute atomic E-state index is 14.0. The summed E-state index contributed by atoms with van der Waals surface area (Å²) < 4.78 is 0. The van der Waals surface area contributed by atoms with Crippen molar-refractivity contribution in [3.05, 3.63) is 84.2 Å². The van der Waals surface area contributed by atoms with Crippen LogP contribution in [0.5, 0.6) is 0 Å². The van der Waals surface area contributed by atoms with Crippen molar-refractivity contribution >= 4 is 35.3 Å². The summed E-state index contributed by atoms with van der Waals surface area (Å²) >= 11 is 1.60. The van der Waals surface area contributed by atoms with Gasteiger partial charge in [-0.05, 0) is 71.6 Å². The number of amides is 4. The molecule has 3 aliphatic heterocycles. The zero-order chi connectivity index (χ0) is 31.6. The average Bonchev–Trinajstić information content (AvgIpc) is 3.24. The quantitative estimate of drug-likeness (QED) is 0.310. The smallest absolute Gasteiger partial charge is 0.322 e. The molecule has 8 nitrogen and oxygen atoms in total. The molecule has 9 heteroatoms. The second-order valence-corrected chi connectivity index (χ2v) is 14.8. The summed E-state index contributed by atoms with van der Waals surface area (Å²) in [5, 5.41) is 2.47. The van der Waals surface area contributed by atoms with Crippen molar-refractivity contribution in [1.29, 1.82) is 0 Å². The Morgan fingerprint density at radius 2 is 1.69 bits per heavy atom. The number of para-hydroxylation sites is 1. The van der Waals surface area contributed by atoms with Gasteiger partial charge in [-0.15, -0.1) is 11.8 Å². The lowest BCUT2D eigenvalue weighted by molar-refractivity contribution is -0.137. The number of likely N-dealkylation sites (tertiary alicyclic amines) is 1. The van der Waals surface area contributed by atoms with E-state index >= 15 is 0 Å². The number of urea groups is 1. The lowest BCUT2D eigenvalue weighted by atomic mass is 9.92. The molecule has 3 aromatic rings. The maximum atomic E-state index is 14.0. The number of anilines is 1. The number of aromatic nitrogens is 1. The molecule has 2 unspecified atom stereocenters. The average molecular weight is 628 g/mol. The Bertz CT molecular complexity index is 1540. The van der Waals surface area contributed by atoms with Crippen LogP contribution in [0.2, 0.25) is 0 Å². The van der Waals surface area contributed by atoms with Gasteiger partial charge in [0.2, 0.25) is 11.8 Å². The molecule has 1 N–H and O–H groups in total. The van der Waals surface area contributed by atoms with E-state index in [1.807, 2.05) is 57.2 Å². The third kappa shape index (κ3) is 7.03. The number of benzene rings is 2. The molecule has 0 bridgehead atoms. The van der Waals surface area contributed by atoms with E-state index in [4.69, 9.17) is 0 Å². The van der Waals surface area contributed by atoms with Gasteiger partial charge in [0.1, 0.15) is 5.37 Å². The second kappa shape index (κ2) is 13.3. The predicted molar refractivity (Wildman–Crippen MR) is 182 cm³/mol. The van der Waals surface area contributed by atoms with Crippen molar-refractivity contribution in [2.24, 2.45) is 5.41 Å². The molecule has 45 heavy (non-hydrogen) atoms. The summed E-state index contributed by atoms with van der Waals surface area (Å²) in [5.41, 5.74) is 5.34. The molecule has 238 valence electrons. The van der Waals surface area contributed by atoms with Crippen LogP contribution in [-0.4, -0.2) is 75.0 Å². The Morgan fingerprint density at radius 1 is 0.978 bits per heavy atom. The summed E-state index contributed by atoms with van der Waals surface area (Å²) in [6.07, 6.45) is 6.93. The van der Waals surface area contributed by atoms with E-state index < -0.39 is 5.25 Å². The number of pyridine rings is 1. The highest BCUT2D eigenvalue weighted by atomic mass is 32.2. The minimum atomic E-state index is -0.430. The first-order valence-electron chi connectivity index (χ1n) is 16.1. The van der Waals surface area contributed by atoms with Crippen LogP contribution in [0, 0.1) is 5.41 Å². The van der Waals surface area contributed by atoms with Crippen molar-refractivity contribution in [3.8, 4) is 11.1 Å². The topological polar surface area (TPSA) is 85.9 Å². The highest BCUT2D eigenvalue weighted by molar-refractivity contribution is 8.01. The molecule has 2 fully saturated rings. The van der Waals surface area contributed by atoms with E-state index in [1.165, 1.54) is 0 Å². The van der Waals surface area contributed by atoms with Crippen molar-refractivity contribution in [1.82, 2.24) is 19.7 Å². The number of carbonyl (C=O) groups is 3. The highest BCUT2D eigenvalue weighted by Gasteiger charge is 2.43. The number of nitrogens with one attached hydrogen (secondary N) is 1. The number of hydrogen-bond donors (Lipinski definition) is 1. The van der Waals surface area contributed by atoms with Crippen LogP contribution in [0.3, 0.4) is 0 Å². The van der Waals surface area contributed by atoms with E-state index in [2.05, 4.69) is 49.3 Å². The summed E-state index contributed by atoms with van der Waals surface area (Å²) in [7, 11) is 0. The van der Waals surface area contributed by atoms with Gasteiger partial charge in [0.25, 0.3) is 0 Å². The van der Waals surface area contributed by atoms with Crippen molar-refractivity contribution < 1.29 is 15.8 Å². The largest absolute Gasteiger partial charge is 0.342 e. The van der Waals surface area contributed by atoms with Gasteiger partial charge in [-0.3, -0.25) is 14.6 Å². The van der Waals surface area contributed by atoms with Gasteiger partial charge in [0, 0.05) is 58.1 Å². The molecule has 4 amide bonds. The monoisotopic (exact) mass is 627 g/mol. The van der Waals surface area contributed by atoms with Crippen molar-refractivity contribution in [3.63, 3.8) is 0 Å². The lowest BCUT2D eigenvalue weighted by Gasteiger charge is -2.38. The first-order chi connectivity index (χ1) is 21.7.